The third-order valence-corrected chi connectivity index (χ3v) is 16.8. The van der Waals surface area contributed by atoms with E-state index in [9.17, 15) is 8.42 Å². The summed E-state index contributed by atoms with van der Waals surface area (Å²) in [7, 11) is -6.16. The van der Waals surface area contributed by atoms with Crippen LogP contribution in [0.4, 0.5) is 0 Å². The molecule has 1 aliphatic rings. The highest BCUT2D eigenvalue weighted by atomic mass is 32.2. The summed E-state index contributed by atoms with van der Waals surface area (Å²) in [6.07, 6.45) is 20.9. The lowest BCUT2D eigenvalue weighted by molar-refractivity contribution is 0.300. The molecule has 43 heavy (non-hydrogen) atoms. The topological polar surface area (TPSA) is 55.7 Å². The minimum Gasteiger partial charge on any atom is -0.546 e. The molecule has 0 saturated carbocycles. The van der Waals surface area contributed by atoms with Gasteiger partial charge in [-0.3, -0.25) is 0 Å². The molecule has 0 aromatic heterocycles. The highest BCUT2D eigenvalue weighted by Crippen LogP contribution is 2.47. The molecule has 0 unspecified atom stereocenters. The zero-order valence-corrected chi connectivity index (χ0v) is 30.2. The fourth-order valence-electron chi connectivity index (χ4n) is 7.15. The Hall–Kier alpha value is -2.10. The molecule has 0 aliphatic heterocycles. The molecule has 0 fully saturated rings. The molecule has 2 atom stereocenters. The van der Waals surface area contributed by atoms with Gasteiger partial charge in [0, 0.05) is 5.92 Å². The van der Waals surface area contributed by atoms with Crippen LogP contribution in [-0.4, -0.2) is 22.4 Å². The van der Waals surface area contributed by atoms with Crippen LogP contribution < -0.4 is 0 Å². The van der Waals surface area contributed by atoms with Gasteiger partial charge in [0.1, 0.15) is 0 Å². The van der Waals surface area contributed by atoms with Crippen LogP contribution in [0.2, 0.25) is 16.6 Å². The van der Waals surface area contributed by atoms with Crippen molar-refractivity contribution in [3.05, 3.63) is 54.3 Å². The number of benzene rings is 1. The number of unbranched alkanes of at least 4 members (excludes halogenated alkanes) is 5. The quantitative estimate of drug-likeness (QED) is 0.0749. The van der Waals surface area contributed by atoms with E-state index in [1.807, 2.05) is 25.1 Å². The Morgan fingerprint density at radius 3 is 2.16 bits per heavy atom. The maximum atomic E-state index is 13.7. The van der Waals surface area contributed by atoms with Crippen molar-refractivity contribution in [2.24, 2.45) is 15.7 Å². The summed E-state index contributed by atoms with van der Waals surface area (Å²) >= 11 is 0. The van der Waals surface area contributed by atoms with Gasteiger partial charge in [-0.2, -0.15) is 12.8 Å². The Labute approximate surface area is 266 Å². The van der Waals surface area contributed by atoms with E-state index in [1.165, 1.54) is 19.3 Å². The molecule has 0 saturated heterocycles. The normalized spacial score (nSPS) is 20.7. The van der Waals surface area contributed by atoms with Crippen molar-refractivity contribution in [3.8, 4) is 12.3 Å². The first-order chi connectivity index (χ1) is 20.3. The lowest BCUT2D eigenvalue weighted by Gasteiger charge is -2.44. The van der Waals surface area contributed by atoms with Crippen molar-refractivity contribution in [3.63, 3.8) is 0 Å². The molecule has 0 amide bonds. The summed E-state index contributed by atoms with van der Waals surface area (Å²) in [5.41, 5.74) is 2.18. The Bertz CT molecular complexity index is 1220. The van der Waals surface area contributed by atoms with Gasteiger partial charge in [-0.1, -0.05) is 110 Å². The Kier molecular flexibility index (Phi) is 14.5. The predicted molar refractivity (Wildman–Crippen MR) is 187 cm³/mol. The summed E-state index contributed by atoms with van der Waals surface area (Å²) in [5.74, 6) is 4.15. The first-order valence-corrected chi connectivity index (χ1v) is 20.3. The number of aryl methyl sites for hydroxylation is 1. The zero-order chi connectivity index (χ0) is 32.3. The average molecular weight is 626 g/mol. The zero-order valence-electron chi connectivity index (χ0n) is 28.4. The molecule has 6 heteroatoms. The second-order valence-electron chi connectivity index (χ2n) is 13.6. The van der Waals surface area contributed by atoms with E-state index < -0.39 is 23.8 Å². The summed E-state index contributed by atoms with van der Waals surface area (Å²) < 4.78 is 39.4. The summed E-state index contributed by atoms with van der Waals surface area (Å²) in [5, 5.41) is 0. The van der Waals surface area contributed by atoms with Gasteiger partial charge in [0.25, 0.3) is 18.3 Å². The predicted octanol–water partition coefficient (Wildman–Crippen LogP) is 10.9. The van der Waals surface area contributed by atoms with Crippen molar-refractivity contribution in [1.29, 1.82) is 0 Å². The third-order valence-electron chi connectivity index (χ3n) is 9.51. The van der Waals surface area contributed by atoms with Crippen LogP contribution in [0.25, 0.3) is 0 Å². The third kappa shape index (κ3) is 9.44. The fraction of sp³-hybridized carbons (Fsp3) is 0.649. The molecule has 0 bridgehead atoms. The smallest absolute Gasteiger partial charge is 0.282 e. The first kappa shape index (κ1) is 37.1. The van der Waals surface area contributed by atoms with Crippen LogP contribution in [-0.2, 0) is 14.4 Å². The maximum absolute atomic E-state index is 13.7. The van der Waals surface area contributed by atoms with E-state index in [0.717, 1.165) is 43.4 Å². The Balaban J connectivity index is 2.61. The summed E-state index contributed by atoms with van der Waals surface area (Å²) in [6, 6.07) is 6.93. The van der Waals surface area contributed by atoms with Crippen LogP contribution in [0.15, 0.2) is 58.0 Å². The maximum Gasteiger partial charge on any atom is 0.282 e. The van der Waals surface area contributed by atoms with Crippen molar-refractivity contribution < 1.29 is 12.8 Å². The van der Waals surface area contributed by atoms with Crippen molar-refractivity contribution >= 4 is 24.1 Å². The Morgan fingerprint density at radius 1 is 1.05 bits per heavy atom. The monoisotopic (exact) mass is 625 g/mol. The molecular formula is C37H59NO3SSi. The molecule has 2 rings (SSSR count). The molecule has 1 aromatic rings. The average Bonchev–Trinajstić information content (AvgIpc) is 3.07. The van der Waals surface area contributed by atoms with Crippen molar-refractivity contribution in [2.75, 3.05) is 0 Å². The van der Waals surface area contributed by atoms with E-state index >= 15 is 0 Å². The van der Waals surface area contributed by atoms with Crippen LogP contribution >= 0.6 is 0 Å². The van der Waals surface area contributed by atoms with E-state index in [0.29, 0.717) is 41.6 Å². The van der Waals surface area contributed by atoms with Crippen LogP contribution in [0.1, 0.15) is 125 Å². The van der Waals surface area contributed by atoms with E-state index in [2.05, 4.69) is 71.4 Å². The van der Waals surface area contributed by atoms with Crippen molar-refractivity contribution in [2.45, 2.75) is 148 Å². The second kappa shape index (κ2) is 16.8. The molecule has 4 nitrogen and oxygen atoms in total. The highest BCUT2D eigenvalue weighted by Gasteiger charge is 2.49. The van der Waals surface area contributed by atoms with E-state index in [4.69, 9.17) is 10.8 Å². The van der Waals surface area contributed by atoms with Gasteiger partial charge in [0.2, 0.25) is 0 Å². The minimum absolute atomic E-state index is 0.0512. The van der Waals surface area contributed by atoms with Gasteiger partial charge < -0.3 is 4.43 Å². The molecule has 0 radical (unpaired) electrons. The van der Waals surface area contributed by atoms with Crippen LogP contribution in [0.3, 0.4) is 0 Å². The molecule has 0 spiro atoms. The molecule has 0 heterocycles. The summed E-state index contributed by atoms with van der Waals surface area (Å²) in [6.45, 7) is 21.8. The van der Waals surface area contributed by atoms with E-state index in [-0.39, 0.29) is 10.8 Å². The number of allylic oxidation sites excluding steroid dienone is 3. The van der Waals surface area contributed by atoms with E-state index in [1.54, 1.807) is 12.1 Å². The SMILES string of the molecule is C#C[C@]1(CCC)CC=C(O[Si](C(C)C)(C(C)C)C(C)C)[C@@H](CCCCCCCC=C)C/C1=N\S(=O)(=O)c1ccc(C)cc1. The number of hydrogen-bond acceptors (Lipinski definition) is 3. The van der Waals surface area contributed by atoms with Gasteiger partial charge in [-0.25, -0.2) is 0 Å². The molecule has 1 aliphatic carbocycles. The molecule has 1 aromatic carbocycles. The van der Waals surface area contributed by atoms with Gasteiger partial charge in [-0.15, -0.1) is 13.0 Å². The minimum atomic E-state index is -3.92. The lowest BCUT2D eigenvalue weighted by atomic mass is 9.75. The number of rotatable bonds is 17. The summed E-state index contributed by atoms with van der Waals surface area (Å²) in [4.78, 5) is 0.212. The lowest BCUT2D eigenvalue weighted by Crippen LogP contribution is -2.48. The first-order valence-electron chi connectivity index (χ1n) is 16.7. The van der Waals surface area contributed by atoms with Crippen molar-refractivity contribution in [1.82, 2.24) is 0 Å². The number of terminal acetylenes is 1. The van der Waals surface area contributed by atoms with Crippen LogP contribution in [0.5, 0.6) is 0 Å². The Morgan fingerprint density at radius 2 is 1.63 bits per heavy atom. The molecular weight excluding hydrogens is 567 g/mol. The van der Waals surface area contributed by atoms with Gasteiger partial charge in [0.05, 0.1) is 21.8 Å². The standard InChI is InChI=1S/C37H59NO3SSi/c1-11-14-15-16-17-18-19-20-33-28-36(38-42(39,40)34-23-21-32(10)22-24-34)37(13-3,26-12-2)27-25-35(33)41-43(29(4)5,30(6)7)31(8)9/h3,11,21-25,29-31,33H,1,12,14-20,26-28H2,2,4-10H3/b38-36+/t33-,37-/m0/s1. The number of nitrogens with zero attached hydrogens (tertiary/aromatic N) is 1. The van der Waals surface area contributed by atoms with Gasteiger partial charge in [-0.05, 0) is 80.3 Å². The molecule has 240 valence electrons. The second-order valence-corrected chi connectivity index (χ2v) is 20.5. The molecule has 0 N–H and O–H groups in total. The van der Waals surface area contributed by atoms with Gasteiger partial charge >= 0.3 is 0 Å². The fourth-order valence-corrected chi connectivity index (χ4v) is 13.6. The largest absolute Gasteiger partial charge is 0.546 e. The number of sulfonamides is 1. The highest BCUT2D eigenvalue weighted by molar-refractivity contribution is 7.90. The number of hydrogen-bond donors (Lipinski definition) is 0. The van der Waals surface area contributed by atoms with Gasteiger partial charge in [0.15, 0.2) is 0 Å². The van der Waals surface area contributed by atoms with Crippen LogP contribution in [0, 0.1) is 30.6 Å².